The number of benzene rings is 1. The number of nitrogens with one attached hydrogen (secondary N) is 1. The number of nitrogen functional groups attached to an aromatic ring is 1. The third-order valence-electron chi connectivity index (χ3n) is 2.89. The number of rotatable bonds is 5. The van der Waals surface area contributed by atoms with Crippen LogP contribution in [0, 0.1) is 6.92 Å². The Morgan fingerprint density at radius 1 is 1.20 bits per heavy atom. The number of hydrogen-bond donors (Lipinski definition) is 5. The molecule has 0 saturated carbocycles. The lowest BCUT2D eigenvalue weighted by atomic mass is 10.1. The fourth-order valence-corrected chi connectivity index (χ4v) is 1.99. The second-order valence-corrected chi connectivity index (χ2v) is 6.97. The minimum atomic E-state index is -4.67. The van der Waals surface area contributed by atoms with E-state index in [-0.39, 0.29) is 6.54 Å². The SMILES string of the molecule is CCN(CCNC(=O)S(=O)(=O)O)c1ccc(N)c(C)c1.O=S(=O)(O)O. The van der Waals surface area contributed by atoms with Gasteiger partial charge in [-0.25, -0.2) is 0 Å². The molecule has 0 radical (unpaired) electrons. The molecule has 1 aromatic carbocycles. The summed E-state index contributed by atoms with van der Waals surface area (Å²) in [5.74, 6) is 0. The summed E-state index contributed by atoms with van der Waals surface area (Å²) in [6.45, 7) is 5.05. The van der Waals surface area contributed by atoms with Crippen molar-refractivity contribution >= 4 is 37.1 Å². The van der Waals surface area contributed by atoms with Crippen molar-refractivity contribution in [2.45, 2.75) is 13.8 Å². The monoisotopic (exact) mass is 399 g/mol. The number of likely N-dealkylation sites (N-methyl/N-ethyl adjacent to an activating group) is 1. The molecule has 0 aliphatic rings. The molecule has 6 N–H and O–H groups in total. The van der Waals surface area contributed by atoms with Gasteiger partial charge in [-0.15, -0.1) is 0 Å². The van der Waals surface area contributed by atoms with Gasteiger partial charge < -0.3 is 16.0 Å². The molecule has 0 saturated heterocycles. The van der Waals surface area contributed by atoms with E-state index in [9.17, 15) is 13.2 Å². The molecule has 144 valence electrons. The Bertz CT molecular complexity index is 785. The Morgan fingerprint density at radius 2 is 1.72 bits per heavy atom. The maximum absolute atomic E-state index is 11.0. The van der Waals surface area contributed by atoms with Crippen molar-refractivity contribution in [1.29, 1.82) is 0 Å². The van der Waals surface area contributed by atoms with E-state index in [1.165, 1.54) is 0 Å². The molecule has 0 bridgehead atoms. The molecule has 25 heavy (non-hydrogen) atoms. The maximum Gasteiger partial charge on any atom is 0.394 e. The summed E-state index contributed by atoms with van der Waals surface area (Å²) < 4.78 is 61.2. The van der Waals surface area contributed by atoms with E-state index in [0.29, 0.717) is 18.8 Å². The highest BCUT2D eigenvalue weighted by Crippen LogP contribution is 2.20. The molecule has 0 aliphatic carbocycles. The van der Waals surface area contributed by atoms with E-state index in [1.54, 1.807) is 6.07 Å². The van der Waals surface area contributed by atoms with Gasteiger partial charge in [0.05, 0.1) is 0 Å². The molecule has 0 fully saturated rings. The highest BCUT2D eigenvalue weighted by Gasteiger charge is 2.17. The molecule has 0 unspecified atom stereocenters. The third kappa shape index (κ3) is 10.5. The van der Waals surface area contributed by atoms with Crippen molar-refractivity contribution in [3.8, 4) is 0 Å². The molecule has 1 rings (SSSR count). The molecule has 0 atom stereocenters. The van der Waals surface area contributed by atoms with Gasteiger partial charge in [0, 0.05) is 31.0 Å². The average molecular weight is 399 g/mol. The van der Waals surface area contributed by atoms with E-state index in [0.717, 1.165) is 11.3 Å². The summed E-state index contributed by atoms with van der Waals surface area (Å²) >= 11 is 0. The second-order valence-electron chi connectivity index (χ2n) is 4.76. The lowest BCUT2D eigenvalue weighted by Gasteiger charge is -2.23. The molecular formula is C12H21N3O8S2. The Morgan fingerprint density at radius 3 is 2.12 bits per heavy atom. The summed E-state index contributed by atoms with van der Waals surface area (Å²) in [4.78, 5) is 12.9. The van der Waals surface area contributed by atoms with Crippen molar-refractivity contribution in [1.82, 2.24) is 5.32 Å². The van der Waals surface area contributed by atoms with E-state index < -0.39 is 25.8 Å². The van der Waals surface area contributed by atoms with Gasteiger partial charge in [-0.1, -0.05) is 0 Å². The Labute approximate surface area is 146 Å². The first-order valence-corrected chi connectivity index (χ1v) is 9.65. The largest absolute Gasteiger partial charge is 0.399 e. The van der Waals surface area contributed by atoms with Gasteiger partial charge in [0.15, 0.2) is 0 Å². The molecule has 13 heteroatoms. The maximum atomic E-state index is 11.0. The summed E-state index contributed by atoms with van der Waals surface area (Å²) in [7, 11) is -9.34. The standard InChI is InChI=1S/C12H19N3O4S.H2O4S/c1-3-15(7-6-14-12(16)20(17,18)19)10-4-5-11(13)9(2)8-10;1-5(2,3)4/h4-5,8H,3,6-7,13H2,1-2H3,(H,14,16)(H,17,18,19);(H2,1,2,3,4). The van der Waals surface area contributed by atoms with Crippen molar-refractivity contribution < 1.29 is 35.3 Å². The van der Waals surface area contributed by atoms with Crippen LogP contribution < -0.4 is 16.0 Å². The molecule has 0 heterocycles. The molecule has 11 nitrogen and oxygen atoms in total. The predicted molar refractivity (Wildman–Crippen MR) is 92.6 cm³/mol. The van der Waals surface area contributed by atoms with Gasteiger partial charge >= 0.3 is 25.8 Å². The van der Waals surface area contributed by atoms with Gasteiger partial charge in [0.2, 0.25) is 0 Å². The van der Waals surface area contributed by atoms with E-state index in [1.807, 2.05) is 30.9 Å². The van der Waals surface area contributed by atoms with E-state index in [4.69, 9.17) is 27.8 Å². The van der Waals surface area contributed by atoms with Crippen molar-refractivity contribution in [3.63, 3.8) is 0 Å². The van der Waals surface area contributed by atoms with Crippen molar-refractivity contribution in [3.05, 3.63) is 23.8 Å². The number of hydrogen-bond acceptors (Lipinski definition) is 7. The fraction of sp³-hybridized carbons (Fsp3) is 0.417. The summed E-state index contributed by atoms with van der Waals surface area (Å²) in [6, 6.07) is 5.57. The van der Waals surface area contributed by atoms with Crippen LogP contribution in [0.3, 0.4) is 0 Å². The molecule has 0 aromatic heterocycles. The minimum Gasteiger partial charge on any atom is -0.399 e. The number of amides is 1. The Kier molecular flexibility index (Phi) is 8.79. The zero-order valence-corrected chi connectivity index (χ0v) is 15.2. The Balaban J connectivity index is 0.00000101. The highest BCUT2D eigenvalue weighted by atomic mass is 32.3. The van der Waals surface area contributed by atoms with Crippen LogP contribution in [0.5, 0.6) is 0 Å². The van der Waals surface area contributed by atoms with Gasteiger partial charge in [-0.05, 0) is 37.6 Å². The van der Waals surface area contributed by atoms with Crippen LogP contribution in [-0.2, 0) is 20.5 Å². The topological polar surface area (TPSA) is 187 Å². The zero-order chi connectivity index (χ0) is 19.8. The van der Waals surface area contributed by atoms with Crippen LogP contribution in [-0.4, -0.2) is 55.4 Å². The first-order valence-electron chi connectivity index (χ1n) is 6.82. The van der Waals surface area contributed by atoms with Crippen molar-refractivity contribution in [2.24, 2.45) is 0 Å². The fourth-order valence-electron chi connectivity index (χ4n) is 1.71. The van der Waals surface area contributed by atoms with Crippen LogP contribution in [0.15, 0.2) is 18.2 Å². The number of carbonyl (C=O) groups excluding carboxylic acids is 1. The number of aryl methyl sites for hydroxylation is 1. The summed E-state index contributed by atoms with van der Waals surface area (Å²) in [5.41, 5.74) is 8.32. The van der Waals surface area contributed by atoms with Crippen LogP contribution in [0.2, 0.25) is 0 Å². The van der Waals surface area contributed by atoms with Gasteiger partial charge in [0.25, 0.3) is 0 Å². The number of anilines is 2. The molecule has 0 spiro atoms. The quantitative estimate of drug-likeness (QED) is 0.341. The molecule has 1 aromatic rings. The predicted octanol–water partition coefficient (Wildman–Crippen LogP) is 0.348. The van der Waals surface area contributed by atoms with Crippen LogP contribution in [0.25, 0.3) is 0 Å². The van der Waals surface area contributed by atoms with Crippen LogP contribution >= 0.6 is 0 Å². The first-order chi connectivity index (χ1) is 11.3. The Hall–Kier alpha value is -1.93. The molecular weight excluding hydrogens is 378 g/mol. The zero-order valence-electron chi connectivity index (χ0n) is 13.6. The summed E-state index contributed by atoms with van der Waals surface area (Å²) in [6.07, 6.45) is 0. The minimum absolute atomic E-state index is 0.107. The number of nitrogens with two attached hydrogens (primary N) is 1. The lowest BCUT2D eigenvalue weighted by molar-refractivity contribution is 0.256. The van der Waals surface area contributed by atoms with E-state index >= 15 is 0 Å². The molecule has 0 aliphatic heterocycles. The van der Waals surface area contributed by atoms with Gasteiger partial charge in [-0.2, -0.15) is 16.8 Å². The number of carbonyl (C=O) groups is 1. The van der Waals surface area contributed by atoms with Gasteiger partial charge in [0.1, 0.15) is 0 Å². The van der Waals surface area contributed by atoms with Crippen molar-refractivity contribution in [2.75, 3.05) is 30.3 Å². The second kappa shape index (κ2) is 9.53. The third-order valence-corrected chi connectivity index (χ3v) is 3.50. The molecule has 1 amide bonds. The van der Waals surface area contributed by atoms with Gasteiger partial charge in [-0.3, -0.25) is 18.5 Å². The normalized spacial score (nSPS) is 11.2. The van der Waals surface area contributed by atoms with E-state index in [2.05, 4.69) is 5.32 Å². The first kappa shape index (κ1) is 23.1. The highest BCUT2D eigenvalue weighted by molar-refractivity contribution is 8.01. The number of nitrogens with zero attached hydrogens (tertiary/aromatic N) is 1. The summed E-state index contributed by atoms with van der Waals surface area (Å²) in [5, 5.41) is 0.753. The van der Waals surface area contributed by atoms with Crippen LogP contribution in [0.4, 0.5) is 16.2 Å². The average Bonchev–Trinajstić information content (AvgIpc) is 2.43. The smallest absolute Gasteiger partial charge is 0.394 e. The lowest BCUT2D eigenvalue weighted by Crippen LogP contribution is -2.37. The van der Waals surface area contributed by atoms with Crippen LogP contribution in [0.1, 0.15) is 12.5 Å².